The Morgan fingerprint density at radius 2 is 2.05 bits per heavy atom. The van der Waals surface area contributed by atoms with Gasteiger partial charge >= 0.3 is 0 Å². The summed E-state index contributed by atoms with van der Waals surface area (Å²) in [6, 6.07) is 8.05. The van der Waals surface area contributed by atoms with Crippen LogP contribution < -0.4 is 10.6 Å². The van der Waals surface area contributed by atoms with Gasteiger partial charge in [-0.2, -0.15) is 4.98 Å². The average Bonchev–Trinajstić information content (AvgIpc) is 2.49. The first kappa shape index (κ1) is 15.3. The van der Waals surface area contributed by atoms with Gasteiger partial charge in [0.05, 0.1) is 0 Å². The molecule has 1 heterocycles. The monoisotopic (exact) mass is 286 g/mol. The molecule has 0 amide bonds. The Bertz CT molecular complexity index is 586. The van der Waals surface area contributed by atoms with Gasteiger partial charge in [-0.15, -0.1) is 0 Å². The molecule has 0 saturated heterocycles. The number of nitrogens with zero attached hydrogens (tertiary/aromatic N) is 2. The lowest BCUT2D eigenvalue weighted by atomic mass is 10.1. The maximum absolute atomic E-state index is 5.01. The second kappa shape index (κ2) is 7.59. The highest BCUT2D eigenvalue weighted by atomic mass is 16.5. The Balaban J connectivity index is 2.02. The van der Waals surface area contributed by atoms with Crippen LogP contribution in [0.1, 0.15) is 17.5 Å². The van der Waals surface area contributed by atoms with E-state index >= 15 is 0 Å². The number of anilines is 3. The molecule has 2 aromatic rings. The van der Waals surface area contributed by atoms with Gasteiger partial charge in [-0.3, -0.25) is 0 Å². The molecule has 5 nitrogen and oxygen atoms in total. The summed E-state index contributed by atoms with van der Waals surface area (Å²) in [5.74, 6) is 1.41. The van der Waals surface area contributed by atoms with Crippen LogP contribution in [0.3, 0.4) is 0 Å². The average molecular weight is 286 g/mol. The van der Waals surface area contributed by atoms with Gasteiger partial charge in [0.15, 0.2) is 0 Å². The Hall–Kier alpha value is -2.14. The number of benzene rings is 1. The van der Waals surface area contributed by atoms with Crippen molar-refractivity contribution < 1.29 is 4.74 Å². The molecule has 0 saturated carbocycles. The van der Waals surface area contributed by atoms with Crippen LogP contribution in [-0.2, 0) is 4.74 Å². The third kappa shape index (κ3) is 4.43. The van der Waals surface area contributed by atoms with E-state index in [9.17, 15) is 0 Å². The Morgan fingerprint density at radius 3 is 2.86 bits per heavy atom. The van der Waals surface area contributed by atoms with Crippen LogP contribution in [0, 0.1) is 13.8 Å². The smallest absolute Gasteiger partial charge is 0.224 e. The fraction of sp³-hybridized carbons (Fsp3) is 0.375. The summed E-state index contributed by atoms with van der Waals surface area (Å²) in [4.78, 5) is 8.68. The van der Waals surface area contributed by atoms with Crippen molar-refractivity contribution >= 4 is 17.5 Å². The largest absolute Gasteiger partial charge is 0.385 e. The van der Waals surface area contributed by atoms with Crippen LogP contribution in [0.5, 0.6) is 0 Å². The van der Waals surface area contributed by atoms with Gasteiger partial charge in [-0.05, 0) is 43.5 Å². The van der Waals surface area contributed by atoms with Gasteiger partial charge in [-0.1, -0.05) is 12.1 Å². The molecule has 2 rings (SSSR count). The van der Waals surface area contributed by atoms with Crippen LogP contribution in [0.25, 0.3) is 0 Å². The molecule has 5 heteroatoms. The Labute approximate surface area is 125 Å². The number of ether oxygens (including phenoxy) is 1. The zero-order valence-corrected chi connectivity index (χ0v) is 12.8. The molecule has 21 heavy (non-hydrogen) atoms. The molecule has 1 aromatic heterocycles. The van der Waals surface area contributed by atoms with Crippen LogP contribution in [0.15, 0.2) is 30.5 Å². The highest BCUT2D eigenvalue weighted by Gasteiger charge is 2.03. The molecular formula is C16H22N4O. The van der Waals surface area contributed by atoms with Crippen molar-refractivity contribution in [2.24, 2.45) is 0 Å². The summed E-state index contributed by atoms with van der Waals surface area (Å²) in [6.07, 6.45) is 2.67. The number of rotatable bonds is 7. The van der Waals surface area contributed by atoms with Crippen molar-refractivity contribution in [1.82, 2.24) is 9.97 Å². The second-order valence-corrected chi connectivity index (χ2v) is 4.91. The molecule has 0 fully saturated rings. The van der Waals surface area contributed by atoms with E-state index in [0.29, 0.717) is 5.95 Å². The van der Waals surface area contributed by atoms with E-state index in [1.807, 2.05) is 12.1 Å². The highest BCUT2D eigenvalue weighted by Crippen LogP contribution is 2.21. The minimum Gasteiger partial charge on any atom is -0.385 e. The highest BCUT2D eigenvalue weighted by molar-refractivity contribution is 5.62. The zero-order chi connectivity index (χ0) is 15.1. The van der Waals surface area contributed by atoms with E-state index in [-0.39, 0.29) is 0 Å². The lowest BCUT2D eigenvalue weighted by molar-refractivity contribution is 0.197. The molecule has 1 aromatic carbocycles. The Kier molecular flexibility index (Phi) is 5.51. The van der Waals surface area contributed by atoms with Crippen molar-refractivity contribution in [2.45, 2.75) is 20.3 Å². The summed E-state index contributed by atoms with van der Waals surface area (Å²) in [7, 11) is 1.70. The summed E-state index contributed by atoms with van der Waals surface area (Å²) >= 11 is 0. The number of hydrogen-bond donors (Lipinski definition) is 2. The van der Waals surface area contributed by atoms with E-state index < -0.39 is 0 Å². The molecule has 0 aliphatic rings. The number of aryl methyl sites for hydroxylation is 1. The Morgan fingerprint density at radius 1 is 1.19 bits per heavy atom. The van der Waals surface area contributed by atoms with Crippen molar-refractivity contribution in [3.8, 4) is 0 Å². The lowest BCUT2D eigenvalue weighted by Gasteiger charge is -2.11. The third-order valence-corrected chi connectivity index (χ3v) is 3.33. The van der Waals surface area contributed by atoms with Crippen molar-refractivity contribution in [3.05, 3.63) is 41.6 Å². The molecule has 0 aliphatic carbocycles. The zero-order valence-electron chi connectivity index (χ0n) is 12.8. The van der Waals surface area contributed by atoms with Crippen molar-refractivity contribution in [1.29, 1.82) is 0 Å². The van der Waals surface area contributed by atoms with Gasteiger partial charge in [-0.25, -0.2) is 4.98 Å². The predicted molar refractivity (Wildman–Crippen MR) is 86.2 cm³/mol. The fourth-order valence-electron chi connectivity index (χ4n) is 1.95. The van der Waals surface area contributed by atoms with E-state index in [4.69, 9.17) is 4.74 Å². The maximum atomic E-state index is 5.01. The van der Waals surface area contributed by atoms with Gasteiger partial charge in [0.2, 0.25) is 5.95 Å². The normalized spacial score (nSPS) is 10.4. The van der Waals surface area contributed by atoms with Gasteiger partial charge < -0.3 is 15.4 Å². The molecule has 0 bridgehead atoms. The van der Waals surface area contributed by atoms with Crippen LogP contribution in [0.4, 0.5) is 17.5 Å². The summed E-state index contributed by atoms with van der Waals surface area (Å²) in [5, 5.41) is 6.53. The van der Waals surface area contributed by atoms with Crippen molar-refractivity contribution in [3.63, 3.8) is 0 Å². The van der Waals surface area contributed by atoms with Crippen molar-refractivity contribution in [2.75, 3.05) is 30.9 Å². The first-order valence-corrected chi connectivity index (χ1v) is 7.10. The molecule has 0 unspecified atom stereocenters. The van der Waals surface area contributed by atoms with Crippen LogP contribution >= 0.6 is 0 Å². The SMILES string of the molecule is COCCCNc1nccc(Nc2cccc(C)c2C)n1. The van der Waals surface area contributed by atoms with Gasteiger partial charge in [0.25, 0.3) is 0 Å². The first-order valence-electron chi connectivity index (χ1n) is 7.10. The number of nitrogens with one attached hydrogen (secondary N) is 2. The van der Waals surface area contributed by atoms with E-state index in [0.717, 1.165) is 31.1 Å². The van der Waals surface area contributed by atoms with Crippen LogP contribution in [-0.4, -0.2) is 30.2 Å². The van der Waals surface area contributed by atoms with E-state index in [1.165, 1.54) is 11.1 Å². The summed E-state index contributed by atoms with van der Waals surface area (Å²) < 4.78 is 5.01. The van der Waals surface area contributed by atoms with E-state index in [2.05, 4.69) is 46.6 Å². The molecule has 2 N–H and O–H groups in total. The molecule has 112 valence electrons. The fourth-order valence-corrected chi connectivity index (χ4v) is 1.95. The summed E-state index contributed by atoms with van der Waals surface area (Å²) in [5.41, 5.74) is 3.55. The molecule has 0 aliphatic heterocycles. The molecule has 0 radical (unpaired) electrons. The van der Waals surface area contributed by atoms with E-state index in [1.54, 1.807) is 13.3 Å². The van der Waals surface area contributed by atoms with Gasteiger partial charge in [0.1, 0.15) is 5.82 Å². The number of aromatic nitrogens is 2. The quantitative estimate of drug-likeness (QED) is 0.765. The minimum absolute atomic E-state index is 0.626. The minimum atomic E-state index is 0.626. The topological polar surface area (TPSA) is 59.1 Å². The standard InChI is InChI=1S/C16H22N4O/c1-12-6-4-7-14(13(12)2)19-15-8-10-18-16(20-15)17-9-5-11-21-3/h4,6-8,10H,5,9,11H2,1-3H3,(H2,17,18,19,20). The molecule has 0 spiro atoms. The van der Waals surface area contributed by atoms with Crippen LogP contribution in [0.2, 0.25) is 0 Å². The third-order valence-electron chi connectivity index (χ3n) is 3.33. The second-order valence-electron chi connectivity index (χ2n) is 4.91. The summed E-state index contributed by atoms with van der Waals surface area (Å²) in [6.45, 7) is 5.72. The maximum Gasteiger partial charge on any atom is 0.224 e. The first-order chi connectivity index (χ1) is 10.2. The number of hydrogen-bond acceptors (Lipinski definition) is 5. The van der Waals surface area contributed by atoms with Gasteiger partial charge in [0, 0.05) is 32.1 Å². The molecule has 0 atom stereocenters. The predicted octanol–water partition coefficient (Wildman–Crippen LogP) is 3.29. The molecular weight excluding hydrogens is 264 g/mol. The number of methoxy groups -OCH3 is 1. The lowest BCUT2D eigenvalue weighted by Crippen LogP contribution is -2.08.